The van der Waals surface area contributed by atoms with Gasteiger partial charge < -0.3 is 15.0 Å². The van der Waals surface area contributed by atoms with Crippen LogP contribution in [0.15, 0.2) is 30.7 Å². The van der Waals surface area contributed by atoms with Gasteiger partial charge in [-0.3, -0.25) is 24.4 Å². The van der Waals surface area contributed by atoms with Gasteiger partial charge in [0.05, 0.1) is 27.0 Å². The van der Waals surface area contributed by atoms with Gasteiger partial charge in [0, 0.05) is 18.9 Å². The minimum atomic E-state index is -0.692. The van der Waals surface area contributed by atoms with Crippen LogP contribution in [0, 0.1) is 5.92 Å². The number of Topliss-reactive ketones (excluding diaryl/α,β-unsaturated/α-hetero) is 1. The van der Waals surface area contributed by atoms with Crippen LogP contribution >= 0.6 is 22.9 Å². The summed E-state index contributed by atoms with van der Waals surface area (Å²) in [5, 5.41) is 2.55. The van der Waals surface area contributed by atoms with Gasteiger partial charge in [0.25, 0.3) is 5.91 Å². The van der Waals surface area contributed by atoms with Crippen molar-refractivity contribution >= 4 is 40.5 Å². The van der Waals surface area contributed by atoms with Gasteiger partial charge in [-0.1, -0.05) is 12.8 Å². The highest BCUT2D eigenvalue weighted by atomic mass is 35.5. The van der Waals surface area contributed by atoms with Gasteiger partial charge in [0.15, 0.2) is 5.78 Å². The molecule has 2 aromatic rings. The normalized spacial score (nSPS) is 26.3. The molecule has 1 aliphatic carbocycles. The monoisotopic (exact) mass is 474 g/mol. The molecule has 1 saturated carbocycles. The number of hydrogen-bond acceptors (Lipinski definition) is 7. The van der Waals surface area contributed by atoms with Crippen LogP contribution in [-0.4, -0.2) is 69.2 Å². The third-order valence-electron chi connectivity index (χ3n) is 6.47. The van der Waals surface area contributed by atoms with Gasteiger partial charge in [-0.05, 0) is 30.9 Å². The molecule has 10 heteroatoms. The summed E-state index contributed by atoms with van der Waals surface area (Å²) in [5.41, 5.74) is 0.691. The third kappa shape index (κ3) is 3.93. The van der Waals surface area contributed by atoms with Gasteiger partial charge in [-0.15, -0.1) is 22.9 Å². The Kier molecular flexibility index (Phi) is 5.96. The number of carbonyl (C=O) groups is 3. The SMILES string of the molecule is O=C(N[C@H](C(=O)N1C[C@H](Cl)[C@H]2OCC(=O)[C@H]21)C1CCCC1)c1ccc(-c2cnccn2)s1. The predicted molar refractivity (Wildman–Crippen MR) is 118 cm³/mol. The van der Waals surface area contributed by atoms with E-state index in [4.69, 9.17) is 16.3 Å². The molecule has 3 fully saturated rings. The van der Waals surface area contributed by atoms with E-state index in [1.165, 1.54) is 16.2 Å². The van der Waals surface area contributed by atoms with Crippen molar-refractivity contribution in [2.45, 2.75) is 49.2 Å². The number of carbonyl (C=O) groups excluding carboxylic acids is 3. The molecular weight excluding hydrogens is 452 g/mol. The number of halogens is 1. The third-order valence-corrected chi connectivity index (χ3v) is 7.97. The maximum absolute atomic E-state index is 13.6. The zero-order valence-corrected chi connectivity index (χ0v) is 18.8. The standard InChI is InChI=1S/C22H23ClN4O4S/c23-13-10-27(19-15(28)11-31-20(13)19)22(30)18(12-3-1-2-4-12)26-21(29)17-6-5-16(32-17)14-9-24-7-8-25-14/h5-9,12-13,18-20H,1-4,10-11H2,(H,26,29)/t13-,18-,19+,20+/m0/s1. The number of alkyl halides is 1. The topological polar surface area (TPSA) is 101 Å². The molecule has 168 valence electrons. The average molecular weight is 475 g/mol. The lowest BCUT2D eigenvalue weighted by molar-refractivity contribution is -0.139. The number of amides is 2. The molecular formula is C22H23ClN4O4S. The molecule has 0 radical (unpaired) electrons. The maximum atomic E-state index is 13.6. The average Bonchev–Trinajstić information content (AvgIpc) is 3.59. The van der Waals surface area contributed by atoms with Gasteiger partial charge in [-0.25, -0.2) is 0 Å². The molecule has 0 aromatic carbocycles. The van der Waals surface area contributed by atoms with E-state index in [0.29, 0.717) is 10.6 Å². The van der Waals surface area contributed by atoms with E-state index in [0.717, 1.165) is 30.6 Å². The fourth-order valence-corrected chi connectivity index (χ4v) is 6.14. The summed E-state index contributed by atoms with van der Waals surface area (Å²) in [4.78, 5) is 50.3. The second-order valence-electron chi connectivity index (χ2n) is 8.44. The summed E-state index contributed by atoms with van der Waals surface area (Å²) in [6.07, 6.45) is 8.14. The van der Waals surface area contributed by atoms with Crippen molar-refractivity contribution in [1.29, 1.82) is 0 Å². The zero-order valence-electron chi connectivity index (χ0n) is 17.3. The minimum absolute atomic E-state index is 0.0247. The first kappa shape index (κ1) is 21.5. The Bertz CT molecular complexity index is 1030. The summed E-state index contributed by atoms with van der Waals surface area (Å²) in [7, 11) is 0. The predicted octanol–water partition coefficient (Wildman–Crippen LogP) is 2.28. The summed E-state index contributed by atoms with van der Waals surface area (Å²) in [6, 6.07) is 2.21. The molecule has 2 aliphatic heterocycles. The number of nitrogens with one attached hydrogen (secondary N) is 1. The molecule has 2 saturated heterocycles. The van der Waals surface area contributed by atoms with Crippen LogP contribution in [0.3, 0.4) is 0 Å². The first-order valence-electron chi connectivity index (χ1n) is 10.8. The van der Waals surface area contributed by atoms with Crippen molar-refractivity contribution in [3.63, 3.8) is 0 Å². The number of ketones is 1. The summed E-state index contributed by atoms with van der Waals surface area (Å²) < 4.78 is 5.51. The molecule has 32 heavy (non-hydrogen) atoms. The quantitative estimate of drug-likeness (QED) is 0.667. The van der Waals surface area contributed by atoms with Gasteiger partial charge >= 0.3 is 0 Å². The molecule has 2 amide bonds. The molecule has 4 atom stereocenters. The molecule has 1 N–H and O–H groups in total. The Hall–Kier alpha value is -2.36. The van der Waals surface area contributed by atoms with E-state index in [1.807, 2.05) is 6.07 Å². The number of aromatic nitrogens is 2. The lowest BCUT2D eigenvalue weighted by atomic mass is 9.96. The van der Waals surface area contributed by atoms with E-state index < -0.39 is 23.6 Å². The van der Waals surface area contributed by atoms with Gasteiger partial charge in [0.2, 0.25) is 5.91 Å². The molecule has 0 spiro atoms. The second-order valence-corrected chi connectivity index (χ2v) is 10.1. The Morgan fingerprint density at radius 3 is 2.81 bits per heavy atom. The number of nitrogens with zero attached hydrogens (tertiary/aromatic N) is 3. The van der Waals surface area contributed by atoms with E-state index in [-0.39, 0.29) is 36.7 Å². The number of thiophene rings is 1. The fraction of sp³-hybridized carbons (Fsp3) is 0.500. The molecule has 8 nitrogen and oxygen atoms in total. The van der Waals surface area contributed by atoms with Crippen LogP contribution in [0.1, 0.15) is 35.4 Å². The van der Waals surface area contributed by atoms with Crippen LogP contribution in [0.4, 0.5) is 0 Å². The highest BCUT2D eigenvalue weighted by Crippen LogP contribution is 2.35. The van der Waals surface area contributed by atoms with Gasteiger partial charge in [0.1, 0.15) is 24.8 Å². The molecule has 0 unspecified atom stereocenters. The minimum Gasteiger partial charge on any atom is -0.366 e. The van der Waals surface area contributed by atoms with Crippen LogP contribution in [0.25, 0.3) is 10.6 Å². The van der Waals surface area contributed by atoms with Crippen molar-refractivity contribution in [3.05, 3.63) is 35.6 Å². The Morgan fingerprint density at radius 1 is 1.25 bits per heavy atom. The van der Waals surface area contributed by atoms with Crippen LogP contribution in [0.5, 0.6) is 0 Å². The van der Waals surface area contributed by atoms with Crippen molar-refractivity contribution in [3.8, 4) is 10.6 Å². The summed E-state index contributed by atoms with van der Waals surface area (Å²) >= 11 is 7.68. The lowest BCUT2D eigenvalue weighted by Gasteiger charge is -2.30. The first-order chi connectivity index (χ1) is 15.5. The fourth-order valence-electron chi connectivity index (χ4n) is 4.91. The van der Waals surface area contributed by atoms with E-state index in [9.17, 15) is 14.4 Å². The number of likely N-dealkylation sites (tertiary alicyclic amines) is 1. The number of rotatable bonds is 5. The second kappa shape index (κ2) is 8.88. The highest BCUT2D eigenvalue weighted by Gasteiger charge is 2.53. The largest absolute Gasteiger partial charge is 0.366 e. The molecule has 5 rings (SSSR count). The maximum Gasteiger partial charge on any atom is 0.262 e. The molecule has 2 aromatic heterocycles. The summed E-state index contributed by atoms with van der Waals surface area (Å²) in [5.74, 6) is -0.637. The number of hydrogen-bond donors (Lipinski definition) is 1. The van der Waals surface area contributed by atoms with Crippen molar-refractivity contribution < 1.29 is 19.1 Å². The first-order valence-corrected chi connectivity index (χ1v) is 12.0. The van der Waals surface area contributed by atoms with Crippen molar-refractivity contribution in [2.24, 2.45) is 5.92 Å². The number of ether oxygens (including phenoxy) is 1. The highest BCUT2D eigenvalue weighted by molar-refractivity contribution is 7.17. The van der Waals surface area contributed by atoms with E-state index in [1.54, 1.807) is 24.7 Å². The molecule has 4 heterocycles. The Morgan fingerprint density at radius 2 is 2.06 bits per heavy atom. The summed E-state index contributed by atoms with van der Waals surface area (Å²) in [6.45, 7) is 0.222. The van der Waals surface area contributed by atoms with Gasteiger partial charge in [-0.2, -0.15) is 0 Å². The molecule has 0 bridgehead atoms. The smallest absolute Gasteiger partial charge is 0.262 e. The lowest BCUT2D eigenvalue weighted by Crippen LogP contribution is -2.54. The van der Waals surface area contributed by atoms with Crippen molar-refractivity contribution in [2.75, 3.05) is 13.2 Å². The van der Waals surface area contributed by atoms with Crippen LogP contribution in [0.2, 0.25) is 0 Å². The van der Waals surface area contributed by atoms with E-state index in [2.05, 4.69) is 15.3 Å². The van der Waals surface area contributed by atoms with Crippen molar-refractivity contribution in [1.82, 2.24) is 20.2 Å². The number of fused-ring (bicyclic) bond motifs is 1. The molecule has 3 aliphatic rings. The zero-order chi connectivity index (χ0) is 22.2. The van der Waals surface area contributed by atoms with Crippen LogP contribution in [-0.2, 0) is 14.3 Å². The van der Waals surface area contributed by atoms with E-state index >= 15 is 0 Å². The Labute approximate surface area is 194 Å². The van der Waals surface area contributed by atoms with Crippen LogP contribution < -0.4 is 5.32 Å². The Balaban J connectivity index is 1.36.